The van der Waals surface area contributed by atoms with Gasteiger partial charge < -0.3 is 15.8 Å². The van der Waals surface area contributed by atoms with Crippen LogP contribution in [0.25, 0.3) is 0 Å². The normalized spacial score (nSPS) is 23.0. The van der Waals surface area contributed by atoms with Crippen LogP contribution in [0.2, 0.25) is 5.02 Å². The van der Waals surface area contributed by atoms with Crippen LogP contribution >= 0.6 is 24.0 Å². The summed E-state index contributed by atoms with van der Waals surface area (Å²) < 4.78 is 5.55. The van der Waals surface area contributed by atoms with E-state index in [2.05, 4.69) is 5.32 Å². The molecule has 6 heteroatoms. The molecule has 2 rings (SSSR count). The summed E-state index contributed by atoms with van der Waals surface area (Å²) in [6.45, 7) is 1.95. The molecule has 0 saturated heterocycles. The lowest BCUT2D eigenvalue weighted by atomic mass is 9.98. The van der Waals surface area contributed by atoms with Crippen molar-refractivity contribution in [3.8, 4) is 0 Å². The van der Waals surface area contributed by atoms with Crippen LogP contribution in [0, 0.1) is 5.92 Å². The Morgan fingerprint density at radius 2 is 2.04 bits per heavy atom. The Bertz CT molecular complexity index is 496. The van der Waals surface area contributed by atoms with E-state index in [1.54, 1.807) is 7.11 Å². The monoisotopic (exact) mass is 360 g/mol. The number of hydrogen-bond acceptors (Lipinski definition) is 3. The van der Waals surface area contributed by atoms with Crippen LogP contribution < -0.4 is 11.1 Å². The molecule has 1 aliphatic rings. The summed E-state index contributed by atoms with van der Waals surface area (Å²) in [5, 5.41) is 3.72. The zero-order chi connectivity index (χ0) is 16.1. The van der Waals surface area contributed by atoms with E-state index in [9.17, 15) is 4.79 Å². The number of halogens is 2. The van der Waals surface area contributed by atoms with Crippen molar-refractivity contribution in [1.82, 2.24) is 5.32 Å². The second kappa shape index (κ2) is 9.48. The van der Waals surface area contributed by atoms with Gasteiger partial charge in [0.1, 0.15) is 6.10 Å². The van der Waals surface area contributed by atoms with E-state index >= 15 is 0 Å². The molecular weight excluding hydrogens is 335 g/mol. The zero-order valence-electron chi connectivity index (χ0n) is 13.6. The van der Waals surface area contributed by atoms with Crippen molar-refractivity contribution in [2.24, 2.45) is 11.7 Å². The molecule has 1 aromatic rings. The van der Waals surface area contributed by atoms with Crippen molar-refractivity contribution in [3.05, 3.63) is 34.9 Å². The summed E-state index contributed by atoms with van der Waals surface area (Å²) in [6.07, 6.45) is 3.51. The molecule has 1 fully saturated rings. The lowest BCUT2D eigenvalue weighted by Gasteiger charge is -2.25. The van der Waals surface area contributed by atoms with Gasteiger partial charge in [-0.2, -0.15) is 0 Å². The Morgan fingerprint density at radius 3 is 2.57 bits per heavy atom. The van der Waals surface area contributed by atoms with Gasteiger partial charge in [-0.3, -0.25) is 4.79 Å². The molecule has 2 unspecified atom stereocenters. The molecule has 130 valence electrons. The predicted molar refractivity (Wildman–Crippen MR) is 96.0 cm³/mol. The van der Waals surface area contributed by atoms with Crippen LogP contribution in [0.1, 0.15) is 44.3 Å². The topological polar surface area (TPSA) is 64.3 Å². The van der Waals surface area contributed by atoms with Crippen LogP contribution in [0.3, 0.4) is 0 Å². The fraction of sp³-hybridized carbons (Fsp3) is 0.588. The molecule has 0 heterocycles. The highest BCUT2D eigenvalue weighted by atomic mass is 35.5. The minimum Gasteiger partial charge on any atom is -0.375 e. The first-order valence-corrected chi connectivity index (χ1v) is 8.22. The number of methoxy groups -OCH3 is 1. The van der Waals surface area contributed by atoms with Crippen molar-refractivity contribution >= 4 is 29.9 Å². The highest BCUT2D eigenvalue weighted by Gasteiger charge is 2.27. The van der Waals surface area contributed by atoms with E-state index < -0.39 is 0 Å². The van der Waals surface area contributed by atoms with Gasteiger partial charge in [0.25, 0.3) is 0 Å². The van der Waals surface area contributed by atoms with Crippen LogP contribution in [0.4, 0.5) is 0 Å². The second-order valence-electron chi connectivity index (χ2n) is 6.12. The summed E-state index contributed by atoms with van der Waals surface area (Å²) >= 11 is 5.91. The quantitative estimate of drug-likeness (QED) is 0.816. The largest absolute Gasteiger partial charge is 0.375 e. The third-order valence-electron chi connectivity index (χ3n) is 4.46. The smallest absolute Gasteiger partial charge is 0.220 e. The lowest BCUT2D eigenvalue weighted by Crippen LogP contribution is -2.39. The molecule has 1 aromatic carbocycles. The molecule has 23 heavy (non-hydrogen) atoms. The van der Waals surface area contributed by atoms with Crippen LogP contribution in [-0.2, 0) is 9.53 Å². The summed E-state index contributed by atoms with van der Waals surface area (Å²) in [5.41, 5.74) is 7.03. The SMILES string of the molecule is COC(c1ccc(Cl)cc1)C(C)NC(=O)C[C@@H]1CCC[C@H]1N.Cl. The lowest BCUT2D eigenvalue weighted by molar-refractivity contribution is -0.123. The highest BCUT2D eigenvalue weighted by Crippen LogP contribution is 2.27. The Labute approximate surface area is 149 Å². The fourth-order valence-corrected chi connectivity index (χ4v) is 3.35. The summed E-state index contributed by atoms with van der Waals surface area (Å²) in [5.74, 6) is 0.356. The average Bonchev–Trinajstić information content (AvgIpc) is 2.87. The number of nitrogens with two attached hydrogens (primary N) is 1. The molecule has 0 aliphatic heterocycles. The van der Waals surface area contributed by atoms with Gasteiger partial charge in [-0.15, -0.1) is 12.4 Å². The average molecular weight is 361 g/mol. The molecular formula is C17H26Cl2N2O2. The van der Waals surface area contributed by atoms with Crippen molar-refractivity contribution in [3.63, 3.8) is 0 Å². The van der Waals surface area contributed by atoms with Crippen LogP contribution in [-0.4, -0.2) is 25.1 Å². The second-order valence-corrected chi connectivity index (χ2v) is 6.56. The zero-order valence-corrected chi connectivity index (χ0v) is 15.2. The summed E-state index contributed by atoms with van der Waals surface area (Å²) in [6, 6.07) is 7.55. The summed E-state index contributed by atoms with van der Waals surface area (Å²) in [7, 11) is 1.65. The van der Waals surface area contributed by atoms with Gasteiger partial charge in [0.05, 0.1) is 6.04 Å². The first-order chi connectivity index (χ1) is 10.5. The van der Waals surface area contributed by atoms with Gasteiger partial charge in [-0.05, 0) is 43.4 Å². The minimum atomic E-state index is -0.196. The van der Waals surface area contributed by atoms with E-state index in [1.807, 2.05) is 31.2 Å². The van der Waals surface area contributed by atoms with Gasteiger partial charge in [-0.25, -0.2) is 0 Å². The van der Waals surface area contributed by atoms with Crippen molar-refractivity contribution in [1.29, 1.82) is 0 Å². The van der Waals surface area contributed by atoms with Gasteiger partial charge in [0.15, 0.2) is 0 Å². The molecule has 1 saturated carbocycles. The number of benzene rings is 1. The van der Waals surface area contributed by atoms with E-state index in [4.69, 9.17) is 22.1 Å². The molecule has 4 nitrogen and oxygen atoms in total. The number of rotatable bonds is 6. The Hall–Kier alpha value is -0.810. The van der Waals surface area contributed by atoms with Crippen LogP contribution in [0.15, 0.2) is 24.3 Å². The van der Waals surface area contributed by atoms with Crippen molar-refractivity contribution in [2.45, 2.75) is 50.8 Å². The van der Waals surface area contributed by atoms with E-state index in [-0.39, 0.29) is 36.5 Å². The molecule has 0 bridgehead atoms. The van der Waals surface area contributed by atoms with Crippen LogP contribution in [0.5, 0.6) is 0 Å². The van der Waals surface area contributed by atoms with E-state index in [1.165, 1.54) is 0 Å². The Balaban J connectivity index is 0.00000264. The fourth-order valence-electron chi connectivity index (χ4n) is 3.23. The maximum absolute atomic E-state index is 12.2. The number of carbonyl (C=O) groups is 1. The minimum absolute atomic E-state index is 0. The molecule has 3 N–H and O–H groups in total. The summed E-state index contributed by atoms with van der Waals surface area (Å²) in [4.78, 5) is 12.2. The molecule has 4 atom stereocenters. The number of nitrogens with one attached hydrogen (secondary N) is 1. The van der Waals surface area contributed by atoms with Crippen molar-refractivity contribution in [2.75, 3.05) is 7.11 Å². The third kappa shape index (κ3) is 5.64. The van der Waals surface area contributed by atoms with Crippen molar-refractivity contribution < 1.29 is 9.53 Å². The maximum atomic E-state index is 12.2. The number of carbonyl (C=O) groups excluding carboxylic acids is 1. The predicted octanol–water partition coefficient (Wildman–Crippen LogP) is 3.47. The molecule has 1 amide bonds. The van der Waals surface area contributed by atoms with Gasteiger partial charge in [0.2, 0.25) is 5.91 Å². The number of ether oxygens (including phenoxy) is 1. The van der Waals surface area contributed by atoms with Gasteiger partial charge in [0, 0.05) is 24.6 Å². The molecule has 0 aromatic heterocycles. The highest BCUT2D eigenvalue weighted by molar-refractivity contribution is 6.30. The van der Waals surface area contributed by atoms with E-state index in [0.29, 0.717) is 17.4 Å². The first kappa shape index (κ1) is 20.2. The molecule has 0 spiro atoms. The van der Waals surface area contributed by atoms with Gasteiger partial charge in [-0.1, -0.05) is 30.2 Å². The standard InChI is InChI=1S/C17H25ClN2O2.ClH/c1-11(17(22-2)12-6-8-14(18)9-7-12)20-16(21)10-13-4-3-5-15(13)19;/h6-9,11,13,15,17H,3-5,10,19H2,1-2H3,(H,20,21);1H/t11?,13-,15+,17?;/m0./s1. The third-order valence-corrected chi connectivity index (χ3v) is 4.71. The van der Waals surface area contributed by atoms with E-state index in [0.717, 1.165) is 24.8 Å². The Kier molecular flexibility index (Phi) is 8.34. The molecule has 1 aliphatic carbocycles. The number of amides is 1. The number of hydrogen-bond donors (Lipinski definition) is 2. The maximum Gasteiger partial charge on any atom is 0.220 e. The van der Waals surface area contributed by atoms with Gasteiger partial charge >= 0.3 is 0 Å². The first-order valence-electron chi connectivity index (χ1n) is 7.84. The molecule has 0 radical (unpaired) electrons. The Morgan fingerprint density at radius 1 is 1.39 bits per heavy atom.